The summed E-state index contributed by atoms with van der Waals surface area (Å²) in [5.41, 5.74) is 2.53. The van der Waals surface area contributed by atoms with Crippen LogP contribution in [-0.4, -0.2) is 5.33 Å². The molecule has 0 aromatic heterocycles. The van der Waals surface area contributed by atoms with E-state index < -0.39 is 0 Å². The maximum atomic E-state index is 5.76. The molecule has 0 bridgehead atoms. The van der Waals surface area contributed by atoms with Crippen LogP contribution >= 0.6 is 43.5 Å². The van der Waals surface area contributed by atoms with Crippen molar-refractivity contribution >= 4 is 43.5 Å². The third-order valence-electron chi connectivity index (χ3n) is 1.84. The van der Waals surface area contributed by atoms with E-state index in [1.165, 1.54) is 15.6 Å². The first-order valence-electron chi connectivity index (χ1n) is 4.17. The average Bonchev–Trinajstić information content (AvgIpc) is 2.17. The summed E-state index contributed by atoms with van der Waals surface area (Å²) in [6.45, 7) is 0. The summed E-state index contributed by atoms with van der Waals surface area (Å²) >= 11 is 12.7. The monoisotopic (exact) mass is 324 g/mol. The van der Waals surface area contributed by atoms with Crippen LogP contribution in [0.4, 0.5) is 0 Å². The van der Waals surface area contributed by atoms with Crippen molar-refractivity contribution in [2.24, 2.45) is 0 Å². The van der Waals surface area contributed by atoms with Gasteiger partial charge in [-0.25, -0.2) is 0 Å². The number of hydrogen-bond acceptors (Lipinski definition) is 0. The molecule has 72 valence electrons. The molecule has 0 unspecified atom stereocenters. The second-order valence-corrected chi connectivity index (χ2v) is 4.77. The third kappa shape index (κ3) is 3.61. The summed E-state index contributed by atoms with van der Waals surface area (Å²) < 4.78 is 1.18. The Morgan fingerprint density at radius 2 is 2.08 bits per heavy atom. The molecule has 0 fully saturated rings. The van der Waals surface area contributed by atoms with Crippen molar-refractivity contribution < 1.29 is 0 Å². The summed E-state index contributed by atoms with van der Waals surface area (Å²) in [6, 6.07) is 6.29. The molecule has 1 aromatic rings. The first kappa shape index (κ1) is 11.5. The van der Waals surface area contributed by atoms with Crippen LogP contribution in [0.2, 0.25) is 0 Å². The topological polar surface area (TPSA) is 0 Å². The maximum Gasteiger partial charge on any atom is 0.0474 e. The number of alkyl halides is 2. The Balaban J connectivity index is 2.78. The number of benzene rings is 1. The number of hydrogen-bond donors (Lipinski definition) is 0. The van der Waals surface area contributed by atoms with Gasteiger partial charge in [-0.05, 0) is 30.0 Å². The summed E-state index contributed by atoms with van der Waals surface area (Å²) in [5.74, 6) is 0.592. The van der Waals surface area contributed by atoms with Gasteiger partial charge in [-0.3, -0.25) is 0 Å². The molecule has 0 heterocycles. The predicted molar refractivity (Wildman–Crippen MR) is 65.8 cm³/mol. The van der Waals surface area contributed by atoms with Crippen molar-refractivity contribution in [3.8, 4) is 0 Å². The van der Waals surface area contributed by atoms with Gasteiger partial charge in [0.15, 0.2) is 0 Å². The van der Waals surface area contributed by atoms with Crippen molar-refractivity contribution in [3.63, 3.8) is 0 Å². The largest absolute Gasteiger partial charge is 0.122 e. The minimum Gasteiger partial charge on any atom is -0.122 e. The van der Waals surface area contributed by atoms with E-state index in [1.54, 1.807) is 0 Å². The van der Waals surface area contributed by atoms with Crippen molar-refractivity contribution in [1.29, 1.82) is 0 Å². The Morgan fingerprint density at radius 3 is 2.69 bits per heavy atom. The molecule has 13 heavy (non-hydrogen) atoms. The van der Waals surface area contributed by atoms with Gasteiger partial charge < -0.3 is 0 Å². The molecule has 0 atom stereocenters. The van der Waals surface area contributed by atoms with Crippen molar-refractivity contribution in [2.75, 3.05) is 5.33 Å². The highest BCUT2D eigenvalue weighted by molar-refractivity contribution is 9.10. The Hall–Kier alpha value is 0.470. The quantitative estimate of drug-likeness (QED) is 0.714. The van der Waals surface area contributed by atoms with Gasteiger partial charge in [0.05, 0.1) is 0 Å². The first-order valence-corrected chi connectivity index (χ1v) is 6.62. The lowest BCUT2D eigenvalue weighted by Crippen LogP contribution is -1.90. The van der Waals surface area contributed by atoms with Crippen LogP contribution in [0.5, 0.6) is 0 Å². The van der Waals surface area contributed by atoms with Crippen molar-refractivity contribution in [2.45, 2.75) is 18.7 Å². The van der Waals surface area contributed by atoms with E-state index in [1.807, 2.05) is 0 Å². The smallest absolute Gasteiger partial charge is 0.0474 e. The molecule has 0 amide bonds. The van der Waals surface area contributed by atoms with Crippen LogP contribution in [0, 0.1) is 0 Å². The van der Waals surface area contributed by atoms with E-state index >= 15 is 0 Å². The zero-order chi connectivity index (χ0) is 9.68. The molecule has 0 saturated heterocycles. The van der Waals surface area contributed by atoms with Crippen LogP contribution in [0.1, 0.15) is 17.5 Å². The van der Waals surface area contributed by atoms with Crippen molar-refractivity contribution in [3.05, 3.63) is 33.8 Å². The van der Waals surface area contributed by atoms with E-state index in [-0.39, 0.29) is 0 Å². The molecule has 0 spiro atoms. The lowest BCUT2D eigenvalue weighted by Gasteiger charge is -2.05. The summed E-state index contributed by atoms with van der Waals surface area (Å²) in [5, 5.41) is 1.05. The van der Waals surface area contributed by atoms with Gasteiger partial charge in [-0.15, -0.1) is 11.6 Å². The zero-order valence-corrected chi connectivity index (χ0v) is 11.1. The highest BCUT2D eigenvalue weighted by Crippen LogP contribution is 2.20. The van der Waals surface area contributed by atoms with E-state index in [4.69, 9.17) is 11.6 Å². The molecule has 0 aliphatic rings. The summed E-state index contributed by atoms with van der Waals surface area (Å²) in [4.78, 5) is 0. The SMILES string of the molecule is ClCc1ccc(Br)c(CCCBr)c1. The van der Waals surface area contributed by atoms with Gasteiger partial charge in [-0.1, -0.05) is 44.0 Å². The number of halogens is 3. The Labute approximate surface area is 101 Å². The Kier molecular flexibility index (Phi) is 5.37. The first-order chi connectivity index (χ1) is 6.27. The molecular weight excluding hydrogens is 315 g/mol. The van der Waals surface area contributed by atoms with Crippen LogP contribution in [0.25, 0.3) is 0 Å². The van der Waals surface area contributed by atoms with Gasteiger partial charge >= 0.3 is 0 Å². The van der Waals surface area contributed by atoms with Crippen molar-refractivity contribution in [1.82, 2.24) is 0 Å². The minimum absolute atomic E-state index is 0.592. The molecule has 1 aromatic carbocycles. The Morgan fingerprint density at radius 1 is 1.31 bits per heavy atom. The molecule has 0 nitrogen and oxygen atoms in total. The number of rotatable bonds is 4. The molecule has 0 aliphatic heterocycles. The standard InChI is InChI=1S/C10H11Br2Cl/c11-5-1-2-9-6-8(7-13)3-4-10(9)12/h3-4,6H,1-2,5,7H2. The normalized spacial score (nSPS) is 10.4. The molecule has 0 aliphatic carbocycles. The van der Waals surface area contributed by atoms with Crippen LogP contribution in [-0.2, 0) is 12.3 Å². The molecule has 0 radical (unpaired) electrons. The van der Waals surface area contributed by atoms with Gasteiger partial charge in [0, 0.05) is 15.7 Å². The summed E-state index contributed by atoms with van der Waals surface area (Å²) in [7, 11) is 0. The minimum atomic E-state index is 0.592. The molecule has 0 saturated carbocycles. The van der Waals surface area contributed by atoms with Gasteiger partial charge in [0.25, 0.3) is 0 Å². The number of aryl methyl sites for hydroxylation is 1. The average molecular weight is 326 g/mol. The highest BCUT2D eigenvalue weighted by Gasteiger charge is 2.00. The molecule has 1 rings (SSSR count). The molecule has 0 N–H and O–H groups in total. The Bertz CT molecular complexity index is 274. The third-order valence-corrected chi connectivity index (χ3v) is 3.49. The fourth-order valence-electron chi connectivity index (χ4n) is 1.16. The van der Waals surface area contributed by atoms with Crippen LogP contribution in [0.3, 0.4) is 0 Å². The van der Waals surface area contributed by atoms with Crippen LogP contribution < -0.4 is 0 Å². The maximum absolute atomic E-state index is 5.76. The fourth-order valence-corrected chi connectivity index (χ4v) is 2.05. The zero-order valence-electron chi connectivity index (χ0n) is 7.19. The van der Waals surface area contributed by atoms with Gasteiger partial charge in [0.2, 0.25) is 0 Å². The van der Waals surface area contributed by atoms with Gasteiger partial charge in [-0.2, -0.15) is 0 Å². The lowest BCUT2D eigenvalue weighted by molar-refractivity contribution is 0.932. The molecule has 3 heteroatoms. The van der Waals surface area contributed by atoms with E-state index in [0.717, 1.165) is 18.2 Å². The fraction of sp³-hybridized carbons (Fsp3) is 0.400. The van der Waals surface area contributed by atoms with E-state index in [0.29, 0.717) is 5.88 Å². The molecular formula is C10H11Br2Cl. The van der Waals surface area contributed by atoms with E-state index in [2.05, 4.69) is 50.1 Å². The summed E-state index contributed by atoms with van der Waals surface area (Å²) in [6.07, 6.45) is 2.25. The lowest BCUT2D eigenvalue weighted by atomic mass is 10.1. The second-order valence-electron chi connectivity index (χ2n) is 2.85. The van der Waals surface area contributed by atoms with Crippen LogP contribution in [0.15, 0.2) is 22.7 Å². The van der Waals surface area contributed by atoms with Gasteiger partial charge in [0.1, 0.15) is 0 Å². The second kappa shape index (κ2) is 6.05. The van der Waals surface area contributed by atoms with E-state index in [9.17, 15) is 0 Å². The predicted octanol–water partition coefficient (Wildman–Crippen LogP) is 4.52. The highest BCUT2D eigenvalue weighted by atomic mass is 79.9.